The van der Waals surface area contributed by atoms with Crippen molar-refractivity contribution >= 4 is 38.6 Å². The number of benzene rings is 1. The van der Waals surface area contributed by atoms with E-state index in [2.05, 4.69) is 36.3 Å². The Labute approximate surface area is 153 Å². The van der Waals surface area contributed by atoms with E-state index in [1.165, 1.54) is 19.2 Å². The number of carbonyl (C=O) groups excluding carboxylic acids is 1. The Morgan fingerprint density at radius 1 is 1.31 bits per heavy atom. The summed E-state index contributed by atoms with van der Waals surface area (Å²) in [6.07, 6.45) is 1.76. The number of nitrogens with one attached hydrogen (secondary N) is 1. The molecule has 0 atom stereocenters. The third-order valence-electron chi connectivity index (χ3n) is 3.34. The summed E-state index contributed by atoms with van der Waals surface area (Å²) >= 11 is 3.03. The number of halogens is 3. The number of methoxy groups -OCH3 is 1. The van der Waals surface area contributed by atoms with Crippen molar-refractivity contribution < 1.29 is 18.3 Å². The zero-order chi connectivity index (χ0) is 18.8. The average molecular weight is 426 g/mol. The molecule has 11 heteroatoms. The van der Waals surface area contributed by atoms with Gasteiger partial charge in [0.05, 0.1) is 34.7 Å². The molecule has 0 aliphatic rings. The number of rotatable bonds is 4. The van der Waals surface area contributed by atoms with Crippen LogP contribution in [0.1, 0.15) is 0 Å². The second-order valence-corrected chi connectivity index (χ2v) is 5.88. The molecule has 1 aromatic carbocycles. The Morgan fingerprint density at radius 3 is 2.65 bits per heavy atom. The van der Waals surface area contributed by atoms with Crippen LogP contribution in [0.25, 0.3) is 10.8 Å². The number of nitrogens with zero attached hydrogens (tertiary/aromatic N) is 4. The maximum absolute atomic E-state index is 14.3. The quantitative estimate of drug-likeness (QED) is 0.684. The fourth-order valence-corrected chi connectivity index (χ4v) is 2.54. The van der Waals surface area contributed by atoms with Gasteiger partial charge in [0, 0.05) is 0 Å². The van der Waals surface area contributed by atoms with E-state index in [1.807, 2.05) is 0 Å². The van der Waals surface area contributed by atoms with Gasteiger partial charge in [0.25, 0.3) is 5.56 Å². The summed E-state index contributed by atoms with van der Waals surface area (Å²) in [4.78, 5) is 31.7. The van der Waals surface area contributed by atoms with Crippen molar-refractivity contribution in [3.05, 3.63) is 51.0 Å². The van der Waals surface area contributed by atoms with Gasteiger partial charge >= 0.3 is 0 Å². The number of aromatic nitrogens is 4. The zero-order valence-corrected chi connectivity index (χ0v) is 14.7. The Hall–Kier alpha value is -2.95. The van der Waals surface area contributed by atoms with Crippen LogP contribution >= 0.6 is 15.9 Å². The van der Waals surface area contributed by atoms with Crippen molar-refractivity contribution in [1.29, 1.82) is 0 Å². The van der Waals surface area contributed by atoms with E-state index in [0.717, 1.165) is 17.1 Å². The molecule has 2 aromatic heterocycles. The monoisotopic (exact) mass is 425 g/mol. The molecule has 3 rings (SSSR count). The fourth-order valence-electron chi connectivity index (χ4n) is 2.21. The first-order chi connectivity index (χ1) is 12.4. The molecule has 0 unspecified atom stereocenters. The summed E-state index contributed by atoms with van der Waals surface area (Å²) in [5, 5.41) is 6.09. The van der Waals surface area contributed by atoms with Crippen LogP contribution in [0.4, 0.5) is 14.7 Å². The predicted octanol–water partition coefficient (Wildman–Crippen LogP) is 1.87. The molecule has 0 bridgehead atoms. The highest BCUT2D eigenvalue weighted by atomic mass is 79.9. The van der Waals surface area contributed by atoms with Crippen molar-refractivity contribution in [2.75, 3.05) is 12.4 Å². The number of ether oxygens (including phenoxy) is 1. The molecular formula is C15H10BrF2N5O3. The molecule has 8 nitrogen and oxygen atoms in total. The summed E-state index contributed by atoms with van der Waals surface area (Å²) in [5.74, 6) is -2.31. The Morgan fingerprint density at radius 2 is 2.00 bits per heavy atom. The molecule has 0 fully saturated rings. The van der Waals surface area contributed by atoms with Gasteiger partial charge in [0.15, 0.2) is 11.6 Å². The molecule has 26 heavy (non-hydrogen) atoms. The number of anilines is 1. The minimum atomic E-state index is -0.694. The van der Waals surface area contributed by atoms with Gasteiger partial charge in [0.1, 0.15) is 6.54 Å². The smallest absolute Gasteiger partial charge is 0.275 e. The zero-order valence-electron chi connectivity index (χ0n) is 13.2. The highest BCUT2D eigenvalue weighted by Gasteiger charge is 2.18. The van der Waals surface area contributed by atoms with Gasteiger partial charge in [-0.2, -0.15) is 0 Å². The minimum Gasteiger partial charge on any atom is -0.479 e. The van der Waals surface area contributed by atoms with Gasteiger partial charge in [-0.1, -0.05) is 0 Å². The average Bonchev–Trinajstić information content (AvgIpc) is 2.62. The molecule has 0 radical (unpaired) electrons. The van der Waals surface area contributed by atoms with Crippen LogP contribution in [-0.2, 0) is 11.3 Å². The molecular weight excluding hydrogens is 416 g/mol. The molecule has 0 spiro atoms. The third-order valence-corrected chi connectivity index (χ3v) is 3.96. The van der Waals surface area contributed by atoms with Crippen molar-refractivity contribution in [1.82, 2.24) is 19.7 Å². The molecule has 0 saturated carbocycles. The molecule has 0 aliphatic carbocycles. The lowest BCUT2D eigenvalue weighted by molar-refractivity contribution is -0.117. The van der Waals surface area contributed by atoms with Crippen LogP contribution in [0.15, 0.2) is 33.8 Å². The van der Waals surface area contributed by atoms with Gasteiger partial charge in [-0.15, -0.1) is 5.10 Å². The molecule has 0 aliphatic heterocycles. The highest BCUT2D eigenvalue weighted by Crippen LogP contribution is 2.28. The van der Waals surface area contributed by atoms with E-state index in [1.54, 1.807) is 0 Å². The van der Waals surface area contributed by atoms with Crippen molar-refractivity contribution in [2.24, 2.45) is 0 Å². The third kappa shape index (κ3) is 3.38. The first-order valence-electron chi connectivity index (χ1n) is 7.11. The lowest BCUT2D eigenvalue weighted by atomic mass is 10.2. The fraction of sp³-hybridized carbons (Fsp3) is 0.133. The Kier molecular flexibility index (Phi) is 4.89. The highest BCUT2D eigenvalue weighted by molar-refractivity contribution is 9.10. The number of hydrogen-bond donors (Lipinski definition) is 1. The summed E-state index contributed by atoms with van der Waals surface area (Å²) in [5.41, 5.74) is -0.678. The van der Waals surface area contributed by atoms with Gasteiger partial charge in [-0.3, -0.25) is 14.9 Å². The van der Waals surface area contributed by atoms with Gasteiger partial charge < -0.3 is 4.74 Å². The van der Waals surface area contributed by atoms with Gasteiger partial charge in [0.2, 0.25) is 17.7 Å². The number of hydrogen-bond acceptors (Lipinski definition) is 6. The lowest BCUT2D eigenvalue weighted by Gasteiger charge is -2.11. The number of fused-ring (bicyclic) bond motifs is 1. The van der Waals surface area contributed by atoms with E-state index in [9.17, 15) is 18.4 Å². The van der Waals surface area contributed by atoms with Crippen molar-refractivity contribution in [2.45, 2.75) is 6.54 Å². The summed E-state index contributed by atoms with van der Waals surface area (Å²) in [6, 6.07) is 2.77. The SMILES string of the molecule is COc1nn(CC(=O)Nc2ncc(F)cn2)c(=O)c2ccc(Br)c(F)c12. The topological polar surface area (TPSA) is 99.0 Å². The normalized spacial score (nSPS) is 10.8. The second-order valence-electron chi connectivity index (χ2n) is 5.03. The van der Waals surface area contributed by atoms with Crippen molar-refractivity contribution in [3.63, 3.8) is 0 Å². The number of carbonyl (C=O) groups is 1. The van der Waals surface area contributed by atoms with E-state index < -0.39 is 29.6 Å². The molecule has 1 N–H and O–H groups in total. The van der Waals surface area contributed by atoms with E-state index >= 15 is 0 Å². The first-order valence-corrected chi connectivity index (χ1v) is 7.90. The number of amides is 1. The maximum atomic E-state index is 14.3. The predicted molar refractivity (Wildman–Crippen MR) is 90.8 cm³/mol. The van der Waals surface area contributed by atoms with Crippen LogP contribution in [0.3, 0.4) is 0 Å². The van der Waals surface area contributed by atoms with Crippen LogP contribution in [0.5, 0.6) is 5.88 Å². The summed E-state index contributed by atoms with van der Waals surface area (Å²) < 4.78 is 33.1. The molecule has 0 saturated heterocycles. The second kappa shape index (κ2) is 7.12. The molecule has 1 amide bonds. The van der Waals surface area contributed by atoms with Crippen LogP contribution in [0, 0.1) is 11.6 Å². The largest absolute Gasteiger partial charge is 0.479 e. The van der Waals surface area contributed by atoms with E-state index in [4.69, 9.17) is 4.74 Å². The standard InChI is InChI=1S/C15H10BrF2N5O3/c1-26-13-11-8(2-3-9(16)12(11)18)14(25)23(22-13)6-10(24)21-15-19-4-7(17)5-20-15/h2-5H,6H2,1H3,(H,19,20,21,24). The van der Waals surface area contributed by atoms with Gasteiger partial charge in [-0.05, 0) is 28.1 Å². The van der Waals surface area contributed by atoms with Gasteiger partial charge in [-0.25, -0.2) is 23.4 Å². The first kappa shape index (κ1) is 17.9. The van der Waals surface area contributed by atoms with Crippen molar-refractivity contribution in [3.8, 4) is 5.88 Å². The minimum absolute atomic E-state index is 0.00313. The van der Waals surface area contributed by atoms with Crippen LogP contribution < -0.4 is 15.6 Å². The summed E-state index contributed by atoms with van der Waals surface area (Å²) in [6.45, 7) is -0.496. The molecule has 3 aromatic rings. The summed E-state index contributed by atoms with van der Waals surface area (Å²) in [7, 11) is 1.27. The molecule has 134 valence electrons. The Balaban J connectivity index is 1.96. The lowest BCUT2D eigenvalue weighted by Crippen LogP contribution is -2.30. The molecule has 2 heterocycles. The van der Waals surface area contributed by atoms with Crippen LogP contribution in [0.2, 0.25) is 0 Å². The van der Waals surface area contributed by atoms with E-state index in [0.29, 0.717) is 0 Å². The Bertz CT molecular complexity index is 1060. The van der Waals surface area contributed by atoms with E-state index in [-0.39, 0.29) is 27.1 Å². The van der Waals surface area contributed by atoms with Crippen LogP contribution in [-0.4, -0.2) is 32.8 Å². The maximum Gasteiger partial charge on any atom is 0.275 e.